The largest absolute Gasteiger partial charge is 0.461 e. The van der Waals surface area contributed by atoms with E-state index in [9.17, 15) is 4.79 Å². The molecular weight excluding hydrogens is 510 g/mol. The molecule has 2 aliphatic heterocycles. The number of nitrogens with one attached hydrogen (secondary N) is 2. The Morgan fingerprint density at radius 2 is 2.03 bits per heavy atom. The van der Waals surface area contributed by atoms with E-state index in [1.165, 1.54) is 48.4 Å². The maximum Gasteiger partial charge on any atom is 0.319 e. The van der Waals surface area contributed by atoms with Gasteiger partial charge in [-0.2, -0.15) is 9.97 Å². The van der Waals surface area contributed by atoms with Gasteiger partial charge in [0.15, 0.2) is 0 Å². The normalized spacial score (nSPS) is 22.3. The van der Waals surface area contributed by atoms with E-state index in [4.69, 9.17) is 26.3 Å². The van der Waals surface area contributed by atoms with Gasteiger partial charge in [0.05, 0.1) is 11.1 Å². The highest BCUT2D eigenvalue weighted by atomic mass is 35.5. The molecule has 0 bridgehead atoms. The quantitative estimate of drug-likeness (QED) is 0.280. The third-order valence-corrected chi connectivity index (χ3v) is 9.52. The van der Waals surface area contributed by atoms with Crippen LogP contribution in [0.1, 0.15) is 49.1 Å². The van der Waals surface area contributed by atoms with Gasteiger partial charge in [-0.25, -0.2) is 0 Å². The summed E-state index contributed by atoms with van der Waals surface area (Å²) in [4.78, 5) is 23.8. The molecular formula is C31H34ClN5O2. The molecule has 0 radical (unpaired) electrons. The van der Waals surface area contributed by atoms with E-state index in [1.54, 1.807) is 0 Å². The molecule has 2 N–H and O–H groups in total. The zero-order valence-corrected chi connectivity index (χ0v) is 22.9. The summed E-state index contributed by atoms with van der Waals surface area (Å²) >= 11 is 6.95. The van der Waals surface area contributed by atoms with Gasteiger partial charge in [-0.1, -0.05) is 36.4 Å². The molecule has 7 nitrogen and oxygen atoms in total. The van der Waals surface area contributed by atoms with Crippen LogP contribution in [0.5, 0.6) is 6.01 Å². The van der Waals surface area contributed by atoms with Crippen molar-refractivity contribution in [1.29, 1.82) is 0 Å². The van der Waals surface area contributed by atoms with Crippen molar-refractivity contribution in [1.82, 2.24) is 20.2 Å². The van der Waals surface area contributed by atoms with E-state index < -0.39 is 0 Å². The summed E-state index contributed by atoms with van der Waals surface area (Å²) in [5.74, 6) is 1.91. The molecule has 2 atom stereocenters. The first kappa shape index (κ1) is 24.9. The van der Waals surface area contributed by atoms with E-state index in [2.05, 4.69) is 46.4 Å². The second-order valence-electron chi connectivity index (χ2n) is 11.5. The van der Waals surface area contributed by atoms with Gasteiger partial charge in [0.1, 0.15) is 12.4 Å². The van der Waals surface area contributed by atoms with Crippen LogP contribution in [0, 0.1) is 5.92 Å². The first-order valence-corrected chi connectivity index (χ1v) is 14.6. The molecule has 3 heterocycles. The molecule has 3 fully saturated rings. The molecule has 7 rings (SSSR count). The standard InChI is InChI=1S/C31H34ClN5O2/c1-2-27(38)33-10-11-34-29-24-16-25(32)23(21-7-3-6-19-14-20-15-22(20)28(19)21)17-26(24)35-30(36-29)39-18-31-8-4-12-37(31)13-5-9-31/h2-3,6-7,16-17,20,22H,1,4-5,8-15,18H2,(H,33,38)(H,34,35,36). The fraction of sp³-hybridized carbons (Fsp3) is 0.452. The Bertz CT molecular complexity index is 1460. The molecule has 0 spiro atoms. The number of nitrogens with zero attached hydrogens (tertiary/aromatic N) is 3. The highest BCUT2D eigenvalue weighted by molar-refractivity contribution is 6.34. The molecule has 39 heavy (non-hydrogen) atoms. The van der Waals surface area contributed by atoms with Gasteiger partial charge in [-0.05, 0) is 98.3 Å². The second kappa shape index (κ2) is 9.79. The molecule has 1 saturated carbocycles. The molecule has 2 saturated heterocycles. The highest BCUT2D eigenvalue weighted by Crippen LogP contribution is 2.59. The summed E-state index contributed by atoms with van der Waals surface area (Å²) in [6.07, 6.45) is 8.49. The molecule has 1 amide bonds. The summed E-state index contributed by atoms with van der Waals surface area (Å²) < 4.78 is 6.36. The number of aromatic nitrogens is 2. The Morgan fingerprint density at radius 3 is 2.85 bits per heavy atom. The maximum atomic E-state index is 11.6. The van der Waals surface area contributed by atoms with Gasteiger partial charge in [-0.15, -0.1) is 0 Å². The molecule has 2 unspecified atom stereocenters. The van der Waals surface area contributed by atoms with Crippen molar-refractivity contribution < 1.29 is 9.53 Å². The minimum Gasteiger partial charge on any atom is -0.461 e. The Morgan fingerprint density at radius 1 is 1.18 bits per heavy atom. The van der Waals surface area contributed by atoms with Gasteiger partial charge >= 0.3 is 6.01 Å². The van der Waals surface area contributed by atoms with Crippen LogP contribution in [0.15, 0.2) is 43.0 Å². The summed E-state index contributed by atoms with van der Waals surface area (Å²) in [5, 5.41) is 7.70. The Labute approximate surface area is 234 Å². The minimum absolute atomic E-state index is 0.109. The number of carbonyl (C=O) groups is 1. The Hall–Kier alpha value is -3.16. The second-order valence-corrected chi connectivity index (χ2v) is 11.9. The molecule has 3 aromatic rings. The number of hydrogen-bond donors (Lipinski definition) is 2. The molecule has 4 aliphatic rings. The number of rotatable bonds is 9. The van der Waals surface area contributed by atoms with Crippen LogP contribution in [0.3, 0.4) is 0 Å². The first-order valence-electron chi connectivity index (χ1n) is 14.2. The average molecular weight is 544 g/mol. The van der Waals surface area contributed by atoms with E-state index in [0.717, 1.165) is 48.3 Å². The average Bonchev–Trinajstić information content (AvgIpc) is 3.23. The van der Waals surface area contributed by atoms with E-state index in [1.807, 2.05) is 6.07 Å². The van der Waals surface area contributed by atoms with Gasteiger partial charge in [0.2, 0.25) is 5.91 Å². The number of hydrogen-bond acceptors (Lipinski definition) is 6. The van der Waals surface area contributed by atoms with Crippen LogP contribution in [0.4, 0.5) is 5.82 Å². The number of anilines is 1. The molecule has 202 valence electrons. The number of fused-ring (bicyclic) bond motifs is 5. The zero-order chi connectivity index (χ0) is 26.6. The predicted octanol–water partition coefficient (Wildman–Crippen LogP) is 5.33. The smallest absolute Gasteiger partial charge is 0.319 e. The predicted molar refractivity (Wildman–Crippen MR) is 154 cm³/mol. The lowest BCUT2D eigenvalue weighted by Gasteiger charge is -2.31. The van der Waals surface area contributed by atoms with Crippen molar-refractivity contribution in [2.75, 3.05) is 38.1 Å². The fourth-order valence-corrected chi connectivity index (χ4v) is 7.47. The number of carbonyl (C=O) groups excluding carboxylic acids is 1. The van der Waals surface area contributed by atoms with Gasteiger partial charge in [0, 0.05) is 29.1 Å². The van der Waals surface area contributed by atoms with Crippen molar-refractivity contribution in [2.24, 2.45) is 5.92 Å². The van der Waals surface area contributed by atoms with E-state index in [-0.39, 0.29) is 11.4 Å². The monoisotopic (exact) mass is 543 g/mol. The zero-order valence-electron chi connectivity index (χ0n) is 22.1. The van der Waals surface area contributed by atoms with Crippen molar-refractivity contribution in [2.45, 2.75) is 50.0 Å². The van der Waals surface area contributed by atoms with Crippen LogP contribution >= 0.6 is 11.6 Å². The number of halogens is 1. The topological polar surface area (TPSA) is 79.4 Å². The van der Waals surface area contributed by atoms with Gasteiger partial charge in [0.25, 0.3) is 0 Å². The van der Waals surface area contributed by atoms with Crippen molar-refractivity contribution >= 4 is 34.2 Å². The van der Waals surface area contributed by atoms with E-state index in [0.29, 0.717) is 42.5 Å². The molecule has 1 aromatic heterocycles. The Balaban J connectivity index is 1.23. The van der Waals surface area contributed by atoms with Crippen LogP contribution in [0.25, 0.3) is 22.0 Å². The van der Waals surface area contributed by atoms with Crippen molar-refractivity contribution in [3.8, 4) is 17.1 Å². The minimum atomic E-state index is -0.203. The number of benzene rings is 2. The highest BCUT2D eigenvalue weighted by Gasteiger charge is 2.46. The third kappa shape index (κ3) is 4.45. The lowest BCUT2D eigenvalue weighted by molar-refractivity contribution is -0.116. The van der Waals surface area contributed by atoms with Crippen molar-refractivity contribution in [3.63, 3.8) is 0 Å². The lowest BCUT2D eigenvalue weighted by atomic mass is 9.93. The van der Waals surface area contributed by atoms with Gasteiger partial charge < -0.3 is 15.4 Å². The SMILES string of the molecule is C=CC(=O)NCCNc1nc(OCC23CCCN2CCC3)nc2cc(-c3cccc4c3C3CC3C4)c(Cl)cc12. The third-order valence-electron chi connectivity index (χ3n) is 9.21. The fourth-order valence-electron chi connectivity index (χ4n) is 7.21. The summed E-state index contributed by atoms with van der Waals surface area (Å²) in [5.41, 5.74) is 6.06. The maximum absolute atomic E-state index is 11.6. The van der Waals surface area contributed by atoms with Crippen LogP contribution in [0.2, 0.25) is 5.02 Å². The summed E-state index contributed by atoms with van der Waals surface area (Å²) in [6, 6.07) is 11.0. The van der Waals surface area contributed by atoms with E-state index >= 15 is 0 Å². The van der Waals surface area contributed by atoms with Crippen molar-refractivity contribution in [3.05, 3.63) is 59.1 Å². The summed E-state index contributed by atoms with van der Waals surface area (Å²) in [7, 11) is 0. The Kier molecular flexibility index (Phi) is 6.24. The number of ether oxygens (including phenoxy) is 1. The molecule has 2 aromatic carbocycles. The number of amides is 1. The van der Waals surface area contributed by atoms with Gasteiger partial charge in [-0.3, -0.25) is 9.69 Å². The molecule has 8 heteroatoms. The lowest BCUT2D eigenvalue weighted by Crippen LogP contribution is -2.43. The first-order chi connectivity index (χ1) is 19.0. The van der Waals surface area contributed by atoms with Crippen LogP contribution in [-0.2, 0) is 11.2 Å². The summed E-state index contributed by atoms with van der Waals surface area (Å²) in [6.45, 7) is 7.35. The van der Waals surface area contributed by atoms with Crippen LogP contribution < -0.4 is 15.4 Å². The molecule has 2 aliphatic carbocycles. The van der Waals surface area contributed by atoms with Crippen LogP contribution in [-0.4, -0.2) is 59.1 Å².